The number of hydrogen-bond acceptors (Lipinski definition) is 3. The number of carbonyl (C=O) groups is 1. The number of likely N-dealkylation sites (N-methyl/N-ethyl adjacent to an activating group) is 1. The quantitative estimate of drug-likeness (QED) is 0.639. The van der Waals surface area contributed by atoms with E-state index < -0.39 is 0 Å². The first-order valence-corrected chi connectivity index (χ1v) is 4.18. The molecular formula is C9H11N3O. The molecule has 1 aliphatic rings. The van der Waals surface area contributed by atoms with E-state index in [1.54, 1.807) is 12.4 Å². The number of pyridine rings is 1. The van der Waals surface area contributed by atoms with E-state index in [0.717, 1.165) is 11.4 Å². The fourth-order valence-corrected chi connectivity index (χ4v) is 1.41. The van der Waals surface area contributed by atoms with Gasteiger partial charge in [0.15, 0.2) is 0 Å². The average Bonchev–Trinajstić information content (AvgIpc) is 2.15. The van der Waals surface area contributed by atoms with Crippen LogP contribution in [0, 0.1) is 0 Å². The van der Waals surface area contributed by atoms with Crippen molar-refractivity contribution < 1.29 is 4.79 Å². The Balaban J connectivity index is 2.49. The minimum absolute atomic E-state index is 0.0167. The molecule has 0 bridgehead atoms. The van der Waals surface area contributed by atoms with Crippen LogP contribution >= 0.6 is 0 Å². The fourth-order valence-electron chi connectivity index (χ4n) is 1.41. The third kappa shape index (κ3) is 1.14. The van der Waals surface area contributed by atoms with Crippen LogP contribution in [0.1, 0.15) is 6.92 Å². The van der Waals surface area contributed by atoms with Crippen molar-refractivity contribution >= 4 is 17.3 Å². The Bertz CT molecular complexity index is 350. The maximum atomic E-state index is 11.4. The number of hydrogen-bond donors (Lipinski definition) is 1. The van der Waals surface area contributed by atoms with Crippen LogP contribution in [-0.4, -0.2) is 24.0 Å². The molecule has 2 rings (SSSR count). The Morgan fingerprint density at radius 3 is 3.15 bits per heavy atom. The van der Waals surface area contributed by atoms with Crippen LogP contribution in [0.2, 0.25) is 0 Å². The predicted octanol–water partition coefficient (Wildman–Crippen LogP) is 0.858. The van der Waals surface area contributed by atoms with Crippen LogP contribution in [0.15, 0.2) is 18.5 Å². The number of nitrogens with one attached hydrogen (secondary N) is 1. The molecule has 1 aromatic rings. The molecule has 13 heavy (non-hydrogen) atoms. The summed E-state index contributed by atoms with van der Waals surface area (Å²) in [5.74, 6) is 0.0167. The smallest absolute Gasteiger partial charge is 0.246 e. The van der Waals surface area contributed by atoms with E-state index in [1.807, 2.05) is 24.9 Å². The zero-order chi connectivity index (χ0) is 9.42. The van der Waals surface area contributed by atoms with Crippen molar-refractivity contribution in [2.45, 2.75) is 13.0 Å². The second-order valence-corrected chi connectivity index (χ2v) is 3.17. The zero-order valence-corrected chi connectivity index (χ0v) is 7.61. The van der Waals surface area contributed by atoms with E-state index in [0.29, 0.717) is 0 Å². The van der Waals surface area contributed by atoms with E-state index >= 15 is 0 Å². The van der Waals surface area contributed by atoms with Crippen molar-refractivity contribution in [3.8, 4) is 0 Å². The Morgan fingerprint density at radius 1 is 1.62 bits per heavy atom. The van der Waals surface area contributed by atoms with Crippen molar-refractivity contribution in [3.63, 3.8) is 0 Å². The van der Waals surface area contributed by atoms with Crippen molar-refractivity contribution in [2.24, 2.45) is 0 Å². The van der Waals surface area contributed by atoms with Crippen LogP contribution in [0.3, 0.4) is 0 Å². The summed E-state index contributed by atoms with van der Waals surface area (Å²) in [6, 6.07) is 1.78. The monoisotopic (exact) mass is 177 g/mol. The highest BCUT2D eigenvalue weighted by Gasteiger charge is 2.26. The third-order valence-corrected chi connectivity index (χ3v) is 2.40. The highest BCUT2D eigenvalue weighted by atomic mass is 16.2. The largest absolute Gasteiger partial charge is 0.361 e. The molecule has 4 heteroatoms. The molecule has 0 saturated carbocycles. The lowest BCUT2D eigenvalue weighted by molar-refractivity contribution is -0.117. The molecule has 0 spiro atoms. The van der Waals surface area contributed by atoms with Gasteiger partial charge in [-0.1, -0.05) is 0 Å². The topological polar surface area (TPSA) is 45.2 Å². The first kappa shape index (κ1) is 8.04. The van der Waals surface area contributed by atoms with E-state index in [9.17, 15) is 4.79 Å². The normalized spacial score (nSPS) is 20.9. The van der Waals surface area contributed by atoms with Gasteiger partial charge >= 0.3 is 0 Å². The number of anilines is 2. The Morgan fingerprint density at radius 2 is 2.38 bits per heavy atom. The summed E-state index contributed by atoms with van der Waals surface area (Å²) < 4.78 is 0. The summed E-state index contributed by atoms with van der Waals surface area (Å²) in [6.45, 7) is 1.87. The van der Waals surface area contributed by atoms with E-state index in [1.165, 1.54) is 0 Å². The maximum absolute atomic E-state index is 11.4. The molecule has 1 amide bonds. The van der Waals surface area contributed by atoms with Gasteiger partial charge in [-0.2, -0.15) is 0 Å². The van der Waals surface area contributed by atoms with E-state index in [2.05, 4.69) is 10.3 Å². The SMILES string of the molecule is CC1C(=O)Nc2cnccc2N1C. The van der Waals surface area contributed by atoms with Gasteiger partial charge in [0.05, 0.1) is 17.6 Å². The van der Waals surface area contributed by atoms with Gasteiger partial charge in [0.1, 0.15) is 6.04 Å². The Kier molecular flexibility index (Phi) is 1.69. The molecular weight excluding hydrogens is 166 g/mol. The Hall–Kier alpha value is -1.58. The minimum atomic E-state index is -0.116. The molecule has 0 fully saturated rings. The summed E-state index contributed by atoms with van der Waals surface area (Å²) in [5.41, 5.74) is 1.80. The minimum Gasteiger partial charge on any atom is -0.361 e. The highest BCUT2D eigenvalue weighted by Crippen LogP contribution is 2.28. The number of amides is 1. The lowest BCUT2D eigenvalue weighted by Gasteiger charge is -2.32. The summed E-state index contributed by atoms with van der Waals surface area (Å²) in [7, 11) is 1.90. The van der Waals surface area contributed by atoms with Crippen molar-refractivity contribution in [3.05, 3.63) is 18.5 Å². The van der Waals surface area contributed by atoms with Crippen LogP contribution < -0.4 is 10.2 Å². The van der Waals surface area contributed by atoms with Gasteiger partial charge < -0.3 is 10.2 Å². The number of aromatic nitrogens is 1. The number of rotatable bonds is 0. The average molecular weight is 177 g/mol. The van der Waals surface area contributed by atoms with Crippen LogP contribution in [0.5, 0.6) is 0 Å². The second-order valence-electron chi connectivity index (χ2n) is 3.17. The van der Waals surface area contributed by atoms with Crippen molar-refractivity contribution in [1.29, 1.82) is 0 Å². The number of carbonyl (C=O) groups excluding carboxylic acids is 1. The summed E-state index contributed by atoms with van der Waals surface area (Å²) >= 11 is 0. The molecule has 2 heterocycles. The molecule has 0 aromatic carbocycles. The molecule has 0 aliphatic carbocycles. The van der Waals surface area contributed by atoms with Gasteiger partial charge in [-0.3, -0.25) is 9.78 Å². The van der Waals surface area contributed by atoms with Gasteiger partial charge in [-0.15, -0.1) is 0 Å². The highest BCUT2D eigenvalue weighted by molar-refractivity contribution is 6.02. The van der Waals surface area contributed by atoms with Crippen LogP contribution in [0.4, 0.5) is 11.4 Å². The predicted molar refractivity (Wildman–Crippen MR) is 50.7 cm³/mol. The molecule has 1 aromatic heterocycles. The fraction of sp³-hybridized carbons (Fsp3) is 0.333. The van der Waals surface area contributed by atoms with Crippen LogP contribution in [0.25, 0.3) is 0 Å². The van der Waals surface area contributed by atoms with Gasteiger partial charge in [0.2, 0.25) is 5.91 Å². The summed E-state index contributed by atoms with van der Waals surface area (Å²) in [6.07, 6.45) is 3.38. The lowest BCUT2D eigenvalue weighted by atomic mass is 10.1. The van der Waals surface area contributed by atoms with Crippen LogP contribution in [-0.2, 0) is 4.79 Å². The van der Waals surface area contributed by atoms with Crippen molar-refractivity contribution in [2.75, 3.05) is 17.3 Å². The van der Waals surface area contributed by atoms with Gasteiger partial charge in [0, 0.05) is 13.2 Å². The van der Waals surface area contributed by atoms with Gasteiger partial charge in [-0.25, -0.2) is 0 Å². The molecule has 1 N–H and O–H groups in total. The van der Waals surface area contributed by atoms with Gasteiger partial charge in [-0.05, 0) is 13.0 Å². The van der Waals surface area contributed by atoms with E-state index in [4.69, 9.17) is 0 Å². The van der Waals surface area contributed by atoms with Gasteiger partial charge in [0.25, 0.3) is 0 Å². The standard InChI is InChI=1S/C9H11N3O/c1-6-9(13)11-7-5-10-4-3-8(7)12(6)2/h3-6H,1-2H3,(H,11,13). The molecule has 4 nitrogen and oxygen atoms in total. The Labute approximate surface area is 76.6 Å². The molecule has 68 valence electrons. The lowest BCUT2D eigenvalue weighted by Crippen LogP contribution is -2.43. The maximum Gasteiger partial charge on any atom is 0.246 e. The number of fused-ring (bicyclic) bond motifs is 1. The first-order chi connectivity index (χ1) is 6.20. The molecule has 1 unspecified atom stereocenters. The first-order valence-electron chi connectivity index (χ1n) is 4.18. The third-order valence-electron chi connectivity index (χ3n) is 2.40. The molecule has 0 saturated heterocycles. The number of nitrogens with zero attached hydrogens (tertiary/aromatic N) is 2. The molecule has 1 atom stereocenters. The molecule has 0 radical (unpaired) electrons. The summed E-state index contributed by atoms with van der Waals surface area (Å²) in [4.78, 5) is 17.3. The second kappa shape index (κ2) is 2.73. The van der Waals surface area contributed by atoms with E-state index in [-0.39, 0.29) is 11.9 Å². The zero-order valence-electron chi connectivity index (χ0n) is 7.61. The van der Waals surface area contributed by atoms with Crippen molar-refractivity contribution in [1.82, 2.24) is 4.98 Å². The summed E-state index contributed by atoms with van der Waals surface area (Å²) in [5, 5.41) is 2.80. The molecule has 1 aliphatic heterocycles.